The van der Waals surface area contributed by atoms with Gasteiger partial charge >= 0.3 is 5.97 Å². The average molecular weight is 338 g/mol. The summed E-state index contributed by atoms with van der Waals surface area (Å²) in [5.74, 6) is -0.688. The van der Waals surface area contributed by atoms with Crippen molar-refractivity contribution in [2.75, 3.05) is 0 Å². The Bertz CT molecular complexity index is 686. The maximum Gasteiger partial charge on any atom is 0.342 e. The Hall–Kier alpha value is -2.41. The summed E-state index contributed by atoms with van der Waals surface area (Å²) < 4.78 is 6.19. The van der Waals surface area contributed by atoms with E-state index in [-0.39, 0.29) is 5.75 Å². The zero-order chi connectivity index (χ0) is 14.7. The minimum atomic E-state index is -1.38. The summed E-state index contributed by atoms with van der Waals surface area (Å²) in [7, 11) is 0. The highest BCUT2D eigenvalue weighted by Crippen LogP contribution is 2.31. The molecule has 7 heteroatoms. The van der Waals surface area contributed by atoms with Gasteiger partial charge in [-0.25, -0.2) is 4.79 Å². The van der Waals surface area contributed by atoms with E-state index in [1.807, 2.05) is 0 Å². The molecule has 0 fully saturated rings. The van der Waals surface area contributed by atoms with Gasteiger partial charge in [0, 0.05) is 12.1 Å². The van der Waals surface area contributed by atoms with Crippen molar-refractivity contribution in [3.05, 3.63) is 62.6 Å². The van der Waals surface area contributed by atoms with Gasteiger partial charge in [-0.15, -0.1) is 0 Å². The third-order valence-electron chi connectivity index (χ3n) is 2.46. The predicted molar refractivity (Wildman–Crippen MR) is 74.3 cm³/mol. The number of nitro benzene ring substituents is 1. The van der Waals surface area contributed by atoms with Crippen LogP contribution in [0.4, 0.5) is 5.69 Å². The number of carbonyl (C=O) groups is 1. The van der Waals surface area contributed by atoms with Crippen LogP contribution in [0.1, 0.15) is 10.4 Å². The summed E-state index contributed by atoms with van der Waals surface area (Å²) in [5, 5.41) is 19.7. The van der Waals surface area contributed by atoms with Gasteiger partial charge in [-0.05, 0) is 34.1 Å². The molecule has 0 atom stereocenters. The molecule has 0 aliphatic heterocycles. The monoisotopic (exact) mass is 337 g/mol. The van der Waals surface area contributed by atoms with E-state index in [4.69, 9.17) is 9.84 Å². The zero-order valence-corrected chi connectivity index (χ0v) is 11.5. The first kappa shape index (κ1) is 14.0. The summed E-state index contributed by atoms with van der Waals surface area (Å²) in [6.45, 7) is 0. The molecule has 0 heterocycles. The van der Waals surface area contributed by atoms with Crippen molar-refractivity contribution in [2.24, 2.45) is 0 Å². The summed E-state index contributed by atoms with van der Waals surface area (Å²) in [6, 6.07) is 10.6. The molecule has 2 aromatic rings. The molecule has 0 bridgehead atoms. The highest BCUT2D eigenvalue weighted by molar-refractivity contribution is 9.10. The van der Waals surface area contributed by atoms with Crippen molar-refractivity contribution in [1.82, 2.24) is 0 Å². The third kappa shape index (κ3) is 2.94. The molecule has 0 aromatic heterocycles. The molecule has 0 aliphatic carbocycles. The number of benzene rings is 2. The molecule has 20 heavy (non-hydrogen) atoms. The Labute approximate surface area is 121 Å². The molecular weight excluding hydrogens is 330 g/mol. The Morgan fingerprint density at radius 1 is 1.25 bits per heavy atom. The van der Waals surface area contributed by atoms with E-state index in [1.165, 1.54) is 6.07 Å². The summed E-state index contributed by atoms with van der Waals surface area (Å²) in [5.41, 5.74) is -0.892. The first-order valence-electron chi connectivity index (χ1n) is 5.43. The van der Waals surface area contributed by atoms with Crippen molar-refractivity contribution >= 4 is 27.6 Å². The van der Waals surface area contributed by atoms with E-state index in [0.717, 1.165) is 12.1 Å². The Morgan fingerprint density at radius 2 is 1.95 bits per heavy atom. The number of rotatable bonds is 4. The molecular formula is C13H8BrNO5. The topological polar surface area (TPSA) is 89.7 Å². The van der Waals surface area contributed by atoms with E-state index in [0.29, 0.717) is 10.2 Å². The summed E-state index contributed by atoms with van der Waals surface area (Å²) in [6.07, 6.45) is 0. The van der Waals surface area contributed by atoms with Gasteiger partial charge in [-0.2, -0.15) is 0 Å². The third-order valence-corrected chi connectivity index (χ3v) is 3.11. The highest BCUT2D eigenvalue weighted by atomic mass is 79.9. The van der Waals surface area contributed by atoms with Gasteiger partial charge in [-0.3, -0.25) is 10.1 Å². The number of ether oxygens (including phenoxy) is 1. The fraction of sp³-hybridized carbons (Fsp3) is 0. The molecule has 2 aromatic carbocycles. The Morgan fingerprint density at radius 3 is 2.55 bits per heavy atom. The molecule has 0 radical (unpaired) electrons. The average Bonchev–Trinajstić information content (AvgIpc) is 2.41. The normalized spacial score (nSPS) is 10.1. The van der Waals surface area contributed by atoms with Gasteiger partial charge in [0.05, 0.1) is 9.40 Å². The van der Waals surface area contributed by atoms with Crippen LogP contribution in [-0.4, -0.2) is 16.0 Å². The molecule has 0 spiro atoms. The molecule has 1 N–H and O–H groups in total. The summed E-state index contributed by atoms with van der Waals surface area (Å²) in [4.78, 5) is 21.0. The fourth-order valence-corrected chi connectivity index (χ4v) is 1.93. The SMILES string of the molecule is O=C(O)c1cc(Oc2ccccc2Br)ccc1[N+](=O)[O-]. The van der Waals surface area contributed by atoms with Crippen LogP contribution in [0.15, 0.2) is 46.9 Å². The van der Waals surface area contributed by atoms with Crippen LogP contribution in [0.25, 0.3) is 0 Å². The molecule has 6 nitrogen and oxygen atoms in total. The van der Waals surface area contributed by atoms with Crippen LogP contribution in [-0.2, 0) is 0 Å². The van der Waals surface area contributed by atoms with E-state index in [2.05, 4.69) is 15.9 Å². The quantitative estimate of drug-likeness (QED) is 0.676. The lowest BCUT2D eigenvalue weighted by Crippen LogP contribution is -2.02. The van der Waals surface area contributed by atoms with Gasteiger partial charge in [-0.1, -0.05) is 12.1 Å². The molecule has 0 unspecified atom stereocenters. The van der Waals surface area contributed by atoms with E-state index >= 15 is 0 Å². The molecule has 0 saturated carbocycles. The van der Waals surface area contributed by atoms with E-state index in [1.54, 1.807) is 24.3 Å². The molecule has 0 aliphatic rings. The molecule has 2 rings (SSSR count). The highest BCUT2D eigenvalue weighted by Gasteiger charge is 2.20. The lowest BCUT2D eigenvalue weighted by molar-refractivity contribution is -0.385. The van der Waals surface area contributed by atoms with Gasteiger partial charge in [0.25, 0.3) is 5.69 Å². The largest absolute Gasteiger partial charge is 0.477 e. The molecule has 0 amide bonds. The smallest absolute Gasteiger partial charge is 0.342 e. The number of hydrogen-bond acceptors (Lipinski definition) is 4. The summed E-state index contributed by atoms with van der Waals surface area (Å²) >= 11 is 3.29. The maximum absolute atomic E-state index is 11.0. The van der Waals surface area contributed by atoms with Gasteiger partial charge < -0.3 is 9.84 Å². The Kier molecular flexibility index (Phi) is 3.99. The van der Waals surface area contributed by atoms with Crippen LogP contribution in [0.2, 0.25) is 0 Å². The van der Waals surface area contributed by atoms with Crippen molar-refractivity contribution in [3.8, 4) is 11.5 Å². The fourth-order valence-electron chi connectivity index (χ4n) is 1.56. The van der Waals surface area contributed by atoms with Crippen LogP contribution in [0.5, 0.6) is 11.5 Å². The molecule has 0 saturated heterocycles. The van der Waals surface area contributed by atoms with Crippen molar-refractivity contribution in [2.45, 2.75) is 0 Å². The number of carboxylic acid groups (broad SMARTS) is 1. The van der Waals surface area contributed by atoms with Gasteiger partial charge in [0.2, 0.25) is 0 Å². The first-order valence-corrected chi connectivity index (χ1v) is 6.22. The second-order valence-electron chi connectivity index (χ2n) is 3.77. The van der Waals surface area contributed by atoms with Gasteiger partial charge in [0.15, 0.2) is 0 Å². The predicted octanol–water partition coefficient (Wildman–Crippen LogP) is 3.85. The lowest BCUT2D eigenvalue weighted by Gasteiger charge is -2.08. The number of para-hydroxylation sites is 1. The number of aromatic carboxylic acids is 1. The number of nitrogens with zero attached hydrogens (tertiary/aromatic N) is 1. The second-order valence-corrected chi connectivity index (χ2v) is 4.63. The number of halogens is 1. The number of nitro groups is 1. The Balaban J connectivity index is 2.40. The minimum Gasteiger partial charge on any atom is -0.477 e. The minimum absolute atomic E-state index is 0.208. The lowest BCUT2D eigenvalue weighted by atomic mass is 10.1. The standard InChI is InChI=1S/C13H8BrNO5/c14-10-3-1-2-4-12(10)20-8-5-6-11(15(18)19)9(7-8)13(16)17/h1-7H,(H,16,17). The molecule has 102 valence electrons. The number of carboxylic acids is 1. The van der Waals surface area contributed by atoms with Gasteiger partial charge in [0.1, 0.15) is 17.1 Å². The second kappa shape index (κ2) is 5.70. The van der Waals surface area contributed by atoms with Crippen LogP contribution in [0, 0.1) is 10.1 Å². The van der Waals surface area contributed by atoms with Crippen molar-refractivity contribution < 1.29 is 19.6 Å². The van der Waals surface area contributed by atoms with E-state index in [9.17, 15) is 14.9 Å². The van der Waals surface area contributed by atoms with Crippen LogP contribution < -0.4 is 4.74 Å². The van der Waals surface area contributed by atoms with Crippen molar-refractivity contribution in [1.29, 1.82) is 0 Å². The van der Waals surface area contributed by atoms with E-state index < -0.39 is 22.1 Å². The van der Waals surface area contributed by atoms with Crippen molar-refractivity contribution in [3.63, 3.8) is 0 Å². The van der Waals surface area contributed by atoms with Crippen LogP contribution in [0.3, 0.4) is 0 Å². The van der Waals surface area contributed by atoms with Crippen LogP contribution >= 0.6 is 15.9 Å². The first-order chi connectivity index (χ1) is 9.49. The maximum atomic E-state index is 11.0. The zero-order valence-electron chi connectivity index (χ0n) is 9.95. The number of hydrogen-bond donors (Lipinski definition) is 1.